The van der Waals surface area contributed by atoms with Gasteiger partial charge in [-0.2, -0.15) is 0 Å². The molecule has 0 heterocycles. The highest BCUT2D eigenvalue weighted by Crippen LogP contribution is 2.14. The van der Waals surface area contributed by atoms with Gasteiger partial charge in [0.2, 0.25) is 10.0 Å². The van der Waals surface area contributed by atoms with E-state index in [1.54, 1.807) is 0 Å². The van der Waals surface area contributed by atoms with E-state index in [0.29, 0.717) is 19.7 Å². The summed E-state index contributed by atoms with van der Waals surface area (Å²) in [5.41, 5.74) is 2.86. The van der Waals surface area contributed by atoms with Crippen LogP contribution in [0.2, 0.25) is 0 Å². The summed E-state index contributed by atoms with van der Waals surface area (Å²) in [7, 11) is 0.117. The highest BCUT2D eigenvalue weighted by Gasteiger charge is 2.10. The maximum Gasteiger partial charge on any atom is 0.215 e. The Morgan fingerprint density at radius 3 is 2.35 bits per heavy atom. The second-order valence-corrected chi connectivity index (χ2v) is 8.81. The summed E-state index contributed by atoms with van der Waals surface area (Å²) in [5, 5.41) is 3.31. The van der Waals surface area contributed by atoms with Gasteiger partial charge in [0.1, 0.15) is 5.75 Å². The van der Waals surface area contributed by atoms with E-state index in [-0.39, 0.29) is 29.7 Å². The minimum Gasteiger partial charge on any atom is -0.494 e. The predicted molar refractivity (Wildman–Crippen MR) is 137 cm³/mol. The standard InChI is InChI=1S/C22H32N4O3S.HI/c1-5-24-22(26(4)16-18-10-12-21(13-11-18)29-6-2)25-15-19-8-7-9-20(14-19)17-30(27,28)23-3;/h7-14,23H,5-6,15-17H2,1-4H3,(H,24,25);1H. The van der Waals surface area contributed by atoms with Crippen LogP contribution in [0.3, 0.4) is 0 Å². The van der Waals surface area contributed by atoms with Crippen molar-refractivity contribution >= 4 is 40.0 Å². The first-order chi connectivity index (χ1) is 14.4. The van der Waals surface area contributed by atoms with E-state index in [4.69, 9.17) is 9.73 Å². The Labute approximate surface area is 203 Å². The molecule has 0 bridgehead atoms. The molecule has 0 aliphatic heterocycles. The molecule has 0 fully saturated rings. The molecule has 0 aliphatic rings. The molecule has 2 aromatic carbocycles. The fourth-order valence-electron chi connectivity index (χ4n) is 2.95. The minimum atomic E-state index is -3.30. The molecule has 172 valence electrons. The Hall–Kier alpha value is -1.85. The molecule has 0 amide bonds. The molecule has 7 nitrogen and oxygen atoms in total. The van der Waals surface area contributed by atoms with Gasteiger partial charge in [0, 0.05) is 20.1 Å². The van der Waals surface area contributed by atoms with Gasteiger partial charge in [-0.05, 0) is 49.7 Å². The Morgan fingerprint density at radius 2 is 1.74 bits per heavy atom. The van der Waals surface area contributed by atoms with E-state index >= 15 is 0 Å². The Bertz CT molecular complexity index is 934. The number of halogens is 1. The molecular formula is C22H33IN4O3S. The lowest BCUT2D eigenvalue weighted by Crippen LogP contribution is -2.38. The van der Waals surface area contributed by atoms with Crippen molar-refractivity contribution in [2.45, 2.75) is 32.7 Å². The number of ether oxygens (including phenoxy) is 1. The molecule has 31 heavy (non-hydrogen) atoms. The second-order valence-electron chi connectivity index (χ2n) is 6.89. The molecule has 0 unspecified atom stereocenters. The zero-order chi connectivity index (χ0) is 22.0. The molecule has 2 N–H and O–H groups in total. The van der Waals surface area contributed by atoms with Gasteiger partial charge in [0.15, 0.2) is 5.96 Å². The number of benzene rings is 2. The van der Waals surface area contributed by atoms with Gasteiger partial charge in [0.25, 0.3) is 0 Å². The van der Waals surface area contributed by atoms with Gasteiger partial charge in [-0.15, -0.1) is 24.0 Å². The number of nitrogens with zero attached hydrogens (tertiary/aromatic N) is 2. The topological polar surface area (TPSA) is 83.0 Å². The van der Waals surface area contributed by atoms with Gasteiger partial charge in [0.05, 0.1) is 18.9 Å². The van der Waals surface area contributed by atoms with Crippen LogP contribution in [0.15, 0.2) is 53.5 Å². The Balaban J connectivity index is 0.00000480. The van der Waals surface area contributed by atoms with E-state index in [1.165, 1.54) is 7.05 Å². The summed E-state index contributed by atoms with van der Waals surface area (Å²) < 4.78 is 31.4. The maximum absolute atomic E-state index is 11.8. The van der Waals surface area contributed by atoms with Crippen molar-refractivity contribution in [3.8, 4) is 5.75 Å². The predicted octanol–water partition coefficient (Wildman–Crippen LogP) is 3.35. The summed E-state index contributed by atoms with van der Waals surface area (Å²) in [5.74, 6) is 1.61. The van der Waals surface area contributed by atoms with E-state index in [9.17, 15) is 8.42 Å². The lowest BCUT2D eigenvalue weighted by atomic mass is 10.1. The fraction of sp³-hybridized carbons (Fsp3) is 0.409. The first kappa shape index (κ1) is 27.2. The van der Waals surface area contributed by atoms with Gasteiger partial charge in [-0.1, -0.05) is 36.4 Å². The average Bonchev–Trinajstić information content (AvgIpc) is 2.72. The minimum absolute atomic E-state index is 0. The number of aliphatic imine (C=N–C) groups is 1. The third kappa shape index (κ3) is 9.44. The van der Waals surface area contributed by atoms with E-state index in [1.807, 2.05) is 57.3 Å². The number of hydrogen-bond donors (Lipinski definition) is 2. The third-order valence-corrected chi connectivity index (χ3v) is 5.76. The molecule has 0 saturated heterocycles. The molecule has 9 heteroatoms. The molecule has 2 rings (SSSR count). The van der Waals surface area contributed by atoms with Crippen molar-refractivity contribution in [1.82, 2.24) is 14.9 Å². The molecule has 0 radical (unpaired) electrons. The van der Waals surface area contributed by atoms with E-state index in [2.05, 4.69) is 27.1 Å². The molecule has 0 aliphatic carbocycles. The monoisotopic (exact) mass is 560 g/mol. The SMILES string of the molecule is CCNC(=NCc1cccc(CS(=O)(=O)NC)c1)N(C)Cc1ccc(OCC)cc1.I. The highest BCUT2D eigenvalue weighted by molar-refractivity contribution is 14.0. The van der Waals surface area contributed by atoms with Crippen LogP contribution in [0.5, 0.6) is 5.75 Å². The Morgan fingerprint density at radius 1 is 1.06 bits per heavy atom. The van der Waals surface area contributed by atoms with Crippen molar-refractivity contribution in [2.75, 3.05) is 27.2 Å². The fourth-order valence-corrected chi connectivity index (χ4v) is 3.71. The molecule has 0 atom stereocenters. The number of guanidine groups is 1. The smallest absolute Gasteiger partial charge is 0.215 e. The maximum atomic E-state index is 11.8. The van der Waals surface area contributed by atoms with Crippen LogP contribution in [-0.2, 0) is 28.9 Å². The van der Waals surface area contributed by atoms with Crippen LogP contribution in [-0.4, -0.2) is 46.5 Å². The zero-order valence-corrected chi connectivity index (χ0v) is 21.7. The van der Waals surface area contributed by atoms with Gasteiger partial charge in [-0.25, -0.2) is 18.1 Å². The quantitative estimate of drug-likeness (QED) is 0.265. The summed E-state index contributed by atoms with van der Waals surface area (Å²) in [4.78, 5) is 6.79. The van der Waals surface area contributed by atoms with Gasteiger partial charge < -0.3 is 15.0 Å². The lowest BCUT2D eigenvalue weighted by Gasteiger charge is -2.22. The van der Waals surface area contributed by atoms with Gasteiger partial charge >= 0.3 is 0 Å². The van der Waals surface area contributed by atoms with Crippen molar-refractivity contribution in [3.05, 3.63) is 65.2 Å². The van der Waals surface area contributed by atoms with Gasteiger partial charge in [-0.3, -0.25) is 0 Å². The Kier molecular flexibility index (Phi) is 11.9. The van der Waals surface area contributed by atoms with Crippen LogP contribution in [0.4, 0.5) is 0 Å². The lowest BCUT2D eigenvalue weighted by molar-refractivity contribution is 0.340. The number of hydrogen-bond acceptors (Lipinski definition) is 4. The normalized spacial score (nSPS) is 11.5. The van der Waals surface area contributed by atoms with E-state index < -0.39 is 10.0 Å². The summed E-state index contributed by atoms with van der Waals surface area (Å²) >= 11 is 0. The number of nitrogens with one attached hydrogen (secondary N) is 2. The van der Waals surface area contributed by atoms with Crippen molar-refractivity contribution in [1.29, 1.82) is 0 Å². The van der Waals surface area contributed by atoms with Crippen LogP contribution in [0, 0.1) is 0 Å². The largest absolute Gasteiger partial charge is 0.494 e. The second kappa shape index (κ2) is 13.5. The average molecular weight is 561 g/mol. The number of rotatable bonds is 10. The van der Waals surface area contributed by atoms with Crippen molar-refractivity contribution in [2.24, 2.45) is 4.99 Å². The molecular weight excluding hydrogens is 527 g/mol. The first-order valence-electron chi connectivity index (χ1n) is 10.1. The molecule has 2 aromatic rings. The summed E-state index contributed by atoms with van der Waals surface area (Å²) in [6.07, 6.45) is 0. The van der Waals surface area contributed by atoms with Crippen LogP contribution >= 0.6 is 24.0 Å². The summed E-state index contributed by atoms with van der Waals surface area (Å²) in [6, 6.07) is 15.6. The van der Waals surface area contributed by atoms with Crippen LogP contribution in [0.1, 0.15) is 30.5 Å². The van der Waals surface area contributed by atoms with Crippen LogP contribution in [0.25, 0.3) is 0 Å². The first-order valence-corrected chi connectivity index (χ1v) is 11.7. The van der Waals surface area contributed by atoms with Crippen LogP contribution < -0.4 is 14.8 Å². The molecule has 0 spiro atoms. The zero-order valence-electron chi connectivity index (χ0n) is 18.6. The molecule has 0 aromatic heterocycles. The summed E-state index contributed by atoms with van der Waals surface area (Å²) in [6.45, 7) is 6.58. The van der Waals surface area contributed by atoms with Crippen molar-refractivity contribution in [3.63, 3.8) is 0 Å². The van der Waals surface area contributed by atoms with Crippen molar-refractivity contribution < 1.29 is 13.2 Å². The highest BCUT2D eigenvalue weighted by atomic mass is 127. The van der Waals surface area contributed by atoms with E-state index in [0.717, 1.165) is 34.9 Å². The third-order valence-electron chi connectivity index (χ3n) is 4.42. The number of sulfonamides is 1. The molecule has 0 saturated carbocycles.